The van der Waals surface area contributed by atoms with Crippen molar-refractivity contribution in [3.8, 4) is 45.6 Å². The lowest BCUT2D eigenvalue weighted by Crippen LogP contribution is -2.16. The van der Waals surface area contributed by atoms with Gasteiger partial charge in [0.25, 0.3) is 0 Å². The Morgan fingerprint density at radius 1 is 0.605 bits per heavy atom. The van der Waals surface area contributed by atoms with Crippen LogP contribution in [0.3, 0.4) is 0 Å². The Labute approximate surface area is 221 Å². The van der Waals surface area contributed by atoms with Crippen molar-refractivity contribution >= 4 is 22.7 Å². The average molecular weight is 529 g/mol. The molecule has 10 heteroatoms. The van der Waals surface area contributed by atoms with Crippen LogP contribution in [0.4, 0.5) is 0 Å². The highest BCUT2D eigenvalue weighted by Crippen LogP contribution is 2.51. The van der Waals surface area contributed by atoms with Gasteiger partial charge in [0.1, 0.15) is 0 Å². The van der Waals surface area contributed by atoms with E-state index in [1.165, 1.54) is 42.7 Å². The summed E-state index contributed by atoms with van der Waals surface area (Å²) in [5, 5.41) is 0.995. The lowest BCUT2D eigenvalue weighted by molar-refractivity contribution is 0.0480. The summed E-state index contributed by atoms with van der Waals surface area (Å²) in [4.78, 5) is 26.7. The first-order chi connectivity index (χ1) is 18.3. The second kappa shape index (κ2) is 12.3. The number of carbonyl (C=O) groups excluding carboxylic acids is 2. The molecule has 3 aromatic carbocycles. The van der Waals surface area contributed by atoms with E-state index in [2.05, 4.69) is 0 Å². The van der Waals surface area contributed by atoms with Crippen LogP contribution in [0.15, 0.2) is 24.3 Å². The average Bonchev–Trinajstić information content (AvgIpc) is 2.94. The third kappa shape index (κ3) is 4.93. The summed E-state index contributed by atoms with van der Waals surface area (Å²) < 4.78 is 44.3. The molecule has 0 heterocycles. The smallest absolute Gasteiger partial charge is 0.339 e. The van der Waals surface area contributed by atoms with Gasteiger partial charge in [0.05, 0.1) is 67.0 Å². The number of benzene rings is 3. The zero-order valence-electron chi connectivity index (χ0n) is 22.8. The Morgan fingerprint density at radius 2 is 1.11 bits per heavy atom. The Morgan fingerprint density at radius 3 is 1.58 bits per heavy atom. The maximum Gasteiger partial charge on any atom is 0.339 e. The molecule has 0 unspecified atom stereocenters. The molecule has 38 heavy (non-hydrogen) atoms. The maximum absolute atomic E-state index is 13.5. The van der Waals surface area contributed by atoms with Crippen LogP contribution < -0.4 is 28.4 Å². The lowest BCUT2D eigenvalue weighted by atomic mass is 9.88. The van der Waals surface area contributed by atoms with Gasteiger partial charge in [-0.25, -0.2) is 9.59 Å². The predicted octanol–water partition coefficient (Wildman–Crippen LogP) is 4.91. The zero-order chi connectivity index (χ0) is 28.0. The Balaban J connectivity index is 2.69. The van der Waals surface area contributed by atoms with E-state index >= 15 is 0 Å². The van der Waals surface area contributed by atoms with Crippen molar-refractivity contribution in [3.05, 3.63) is 35.4 Å². The molecule has 0 saturated carbocycles. The van der Waals surface area contributed by atoms with Gasteiger partial charge in [0.15, 0.2) is 23.0 Å². The zero-order valence-corrected chi connectivity index (χ0v) is 22.8. The second-order valence-electron chi connectivity index (χ2n) is 7.77. The molecule has 0 amide bonds. The lowest BCUT2D eigenvalue weighted by Gasteiger charge is -2.22. The molecular formula is C28H32O10. The molecule has 0 aliphatic rings. The number of ether oxygens (including phenoxy) is 8. The number of hydrogen-bond donors (Lipinski definition) is 0. The molecule has 3 aromatic rings. The minimum atomic E-state index is -0.724. The number of methoxy groups -OCH3 is 6. The molecule has 0 bridgehead atoms. The van der Waals surface area contributed by atoms with E-state index < -0.39 is 11.9 Å². The monoisotopic (exact) mass is 528 g/mol. The van der Waals surface area contributed by atoms with Crippen LogP contribution in [-0.4, -0.2) is 67.8 Å². The molecule has 0 N–H and O–H groups in total. The van der Waals surface area contributed by atoms with Crippen molar-refractivity contribution in [3.63, 3.8) is 0 Å². The summed E-state index contributed by atoms with van der Waals surface area (Å²) >= 11 is 0. The van der Waals surface area contributed by atoms with Gasteiger partial charge in [-0.1, -0.05) is 0 Å². The normalized spacial score (nSPS) is 10.5. The third-order valence-corrected chi connectivity index (χ3v) is 5.86. The first-order valence-electron chi connectivity index (χ1n) is 11.8. The van der Waals surface area contributed by atoms with Crippen LogP contribution in [0.5, 0.6) is 34.5 Å². The maximum atomic E-state index is 13.5. The fraction of sp³-hybridized carbons (Fsp3) is 0.357. The largest absolute Gasteiger partial charge is 0.493 e. The van der Waals surface area contributed by atoms with Gasteiger partial charge in [-0.2, -0.15) is 0 Å². The van der Waals surface area contributed by atoms with Crippen molar-refractivity contribution in [2.24, 2.45) is 0 Å². The van der Waals surface area contributed by atoms with Gasteiger partial charge in [-0.15, -0.1) is 0 Å². The molecular weight excluding hydrogens is 496 g/mol. The predicted molar refractivity (Wildman–Crippen MR) is 141 cm³/mol. The molecule has 0 spiro atoms. The quantitative estimate of drug-likeness (QED) is 0.319. The van der Waals surface area contributed by atoms with Crippen molar-refractivity contribution in [2.45, 2.75) is 13.8 Å². The highest BCUT2D eigenvalue weighted by atomic mass is 16.5. The van der Waals surface area contributed by atoms with Gasteiger partial charge in [-0.3, -0.25) is 0 Å². The first kappa shape index (κ1) is 28.2. The third-order valence-electron chi connectivity index (χ3n) is 5.86. The summed E-state index contributed by atoms with van der Waals surface area (Å²) in [7, 11) is 8.89. The van der Waals surface area contributed by atoms with Crippen LogP contribution in [0.25, 0.3) is 21.9 Å². The van der Waals surface area contributed by atoms with Gasteiger partial charge in [0, 0.05) is 10.9 Å². The molecule has 0 radical (unpaired) electrons. The minimum absolute atomic E-state index is 0.0100. The van der Waals surface area contributed by atoms with E-state index in [9.17, 15) is 9.59 Å². The van der Waals surface area contributed by atoms with E-state index in [-0.39, 0.29) is 30.1 Å². The molecule has 0 atom stereocenters. The minimum Gasteiger partial charge on any atom is -0.493 e. The molecule has 0 saturated heterocycles. The van der Waals surface area contributed by atoms with E-state index in [1.807, 2.05) is 0 Å². The van der Waals surface area contributed by atoms with Crippen LogP contribution in [0.2, 0.25) is 0 Å². The summed E-state index contributed by atoms with van der Waals surface area (Å²) in [5.41, 5.74) is 0.777. The number of rotatable bonds is 11. The Kier molecular flexibility index (Phi) is 9.11. The fourth-order valence-electron chi connectivity index (χ4n) is 4.33. The molecule has 10 nitrogen and oxygen atoms in total. The van der Waals surface area contributed by atoms with Gasteiger partial charge < -0.3 is 37.9 Å². The number of hydrogen-bond acceptors (Lipinski definition) is 10. The topological polar surface area (TPSA) is 108 Å². The number of fused-ring (bicyclic) bond motifs is 1. The summed E-state index contributed by atoms with van der Waals surface area (Å²) in [5.74, 6) is 0.566. The highest BCUT2D eigenvalue weighted by molar-refractivity contribution is 6.17. The molecule has 0 aliphatic heterocycles. The number of carbonyl (C=O) groups is 2. The van der Waals surface area contributed by atoms with Gasteiger partial charge >= 0.3 is 11.9 Å². The van der Waals surface area contributed by atoms with Gasteiger partial charge in [-0.05, 0) is 49.1 Å². The molecule has 204 valence electrons. The van der Waals surface area contributed by atoms with E-state index in [0.29, 0.717) is 50.6 Å². The SMILES string of the molecule is CCOC(=O)c1cc2cc(OC)c(OC)c(OC)c2c(-c2cc(OC)c(OC)c(OC)c2)c1C(=O)OCC. The van der Waals surface area contributed by atoms with Crippen molar-refractivity contribution < 1.29 is 47.5 Å². The molecule has 0 aromatic heterocycles. The Hall–Kier alpha value is -4.34. The second-order valence-corrected chi connectivity index (χ2v) is 7.77. The van der Waals surface area contributed by atoms with Crippen LogP contribution in [-0.2, 0) is 9.47 Å². The van der Waals surface area contributed by atoms with Crippen LogP contribution >= 0.6 is 0 Å². The Bertz CT molecular complexity index is 1320. The van der Waals surface area contributed by atoms with Crippen LogP contribution in [0, 0.1) is 0 Å². The molecule has 0 aliphatic carbocycles. The van der Waals surface area contributed by atoms with E-state index in [1.54, 1.807) is 38.1 Å². The van der Waals surface area contributed by atoms with Crippen molar-refractivity contribution in [1.82, 2.24) is 0 Å². The summed E-state index contributed by atoms with van der Waals surface area (Å²) in [6.45, 7) is 3.54. The molecule has 0 fully saturated rings. The van der Waals surface area contributed by atoms with Crippen LogP contribution in [0.1, 0.15) is 34.6 Å². The standard InChI is InChI=1S/C28H32O10/c1-9-37-27(29)17-11-15-12-20(33-5)25(35-7)26(36-8)22(15)21(23(17)28(30)38-10-2)16-13-18(31-3)24(34-6)19(14-16)32-4/h11-14H,9-10H2,1-8H3. The highest BCUT2D eigenvalue weighted by Gasteiger charge is 2.31. The van der Waals surface area contributed by atoms with E-state index in [0.717, 1.165) is 0 Å². The number of esters is 2. The van der Waals surface area contributed by atoms with Crippen molar-refractivity contribution in [2.75, 3.05) is 55.9 Å². The molecule has 3 rings (SSSR count). The van der Waals surface area contributed by atoms with E-state index in [4.69, 9.17) is 37.9 Å². The van der Waals surface area contributed by atoms with Gasteiger partial charge in [0.2, 0.25) is 11.5 Å². The fourth-order valence-corrected chi connectivity index (χ4v) is 4.33. The first-order valence-corrected chi connectivity index (χ1v) is 11.8. The summed E-state index contributed by atoms with van der Waals surface area (Å²) in [6, 6.07) is 6.58. The summed E-state index contributed by atoms with van der Waals surface area (Å²) in [6.07, 6.45) is 0. The van der Waals surface area contributed by atoms with Crippen molar-refractivity contribution in [1.29, 1.82) is 0 Å².